The zero-order valence-corrected chi connectivity index (χ0v) is 14.4. The molecule has 3 rings (SSSR count). The average molecular weight is 337 g/mol. The van der Waals surface area contributed by atoms with Crippen molar-refractivity contribution in [2.45, 2.75) is 32.4 Å². The number of hydrogen-bond donors (Lipinski definition) is 1. The van der Waals surface area contributed by atoms with Crippen LogP contribution in [0.1, 0.15) is 25.3 Å². The molecule has 1 aromatic carbocycles. The van der Waals surface area contributed by atoms with Gasteiger partial charge < -0.3 is 14.6 Å². The predicted molar refractivity (Wildman–Crippen MR) is 97.8 cm³/mol. The highest BCUT2D eigenvalue weighted by molar-refractivity contribution is 5.95. The van der Waals surface area contributed by atoms with Gasteiger partial charge in [-0.15, -0.1) is 0 Å². The van der Waals surface area contributed by atoms with Crippen LogP contribution in [-0.4, -0.2) is 38.1 Å². The minimum Gasteiger partial charge on any atom is -0.503 e. The standard InChI is InChI=1S/C20H23N3O2/c1-2-17-18(10-9-16-7-4-3-5-8-16)23(20(25)19(17)24)13-6-12-22-14-11-21-15-22/h3-5,7-11,14-15,18,24H,2,6,12-13H2,1H3/b10-9+. The SMILES string of the molecule is CCC1=C(O)C(=O)N(CCCn2ccnc2)C1/C=C/c1ccccc1. The van der Waals surface area contributed by atoms with Crippen molar-refractivity contribution < 1.29 is 9.90 Å². The molecular formula is C20H23N3O2. The van der Waals surface area contributed by atoms with Crippen molar-refractivity contribution in [3.05, 3.63) is 72.0 Å². The van der Waals surface area contributed by atoms with Gasteiger partial charge in [0.1, 0.15) is 0 Å². The summed E-state index contributed by atoms with van der Waals surface area (Å²) in [6.45, 7) is 3.35. The first-order chi connectivity index (χ1) is 12.2. The van der Waals surface area contributed by atoms with E-state index in [9.17, 15) is 9.90 Å². The Morgan fingerprint density at radius 1 is 1.24 bits per heavy atom. The monoisotopic (exact) mass is 337 g/mol. The molecule has 1 amide bonds. The van der Waals surface area contributed by atoms with Gasteiger partial charge in [0.15, 0.2) is 5.76 Å². The molecule has 1 unspecified atom stereocenters. The fourth-order valence-electron chi connectivity index (χ4n) is 3.17. The summed E-state index contributed by atoms with van der Waals surface area (Å²) < 4.78 is 1.99. The number of aliphatic hydroxyl groups excluding tert-OH is 1. The second-order valence-corrected chi connectivity index (χ2v) is 6.09. The summed E-state index contributed by atoms with van der Waals surface area (Å²) in [6, 6.07) is 9.80. The molecular weight excluding hydrogens is 314 g/mol. The number of aromatic nitrogens is 2. The topological polar surface area (TPSA) is 58.4 Å². The molecule has 1 aromatic heterocycles. The van der Waals surface area contributed by atoms with Crippen molar-refractivity contribution in [3.8, 4) is 0 Å². The number of carbonyl (C=O) groups is 1. The Kier molecular flexibility index (Phi) is 5.33. The van der Waals surface area contributed by atoms with E-state index in [0.717, 1.165) is 24.1 Å². The van der Waals surface area contributed by atoms with Crippen LogP contribution in [-0.2, 0) is 11.3 Å². The van der Waals surface area contributed by atoms with Crippen LogP contribution in [0.4, 0.5) is 0 Å². The van der Waals surface area contributed by atoms with E-state index in [0.29, 0.717) is 13.0 Å². The number of aryl methyl sites for hydroxylation is 1. The maximum Gasteiger partial charge on any atom is 0.289 e. The van der Waals surface area contributed by atoms with Crippen LogP contribution in [0.15, 0.2) is 66.5 Å². The number of hydrogen-bond acceptors (Lipinski definition) is 3. The van der Waals surface area contributed by atoms with E-state index in [1.54, 1.807) is 17.4 Å². The highest BCUT2D eigenvalue weighted by Gasteiger charge is 2.36. The molecule has 2 aromatic rings. The van der Waals surface area contributed by atoms with Crippen molar-refractivity contribution in [1.29, 1.82) is 0 Å². The van der Waals surface area contributed by atoms with E-state index in [2.05, 4.69) is 4.98 Å². The lowest BCUT2D eigenvalue weighted by Gasteiger charge is -2.24. The number of benzene rings is 1. The van der Waals surface area contributed by atoms with E-state index in [1.165, 1.54) is 0 Å². The molecule has 1 aliphatic rings. The third-order valence-corrected chi connectivity index (χ3v) is 4.49. The van der Waals surface area contributed by atoms with Gasteiger partial charge in [0.2, 0.25) is 0 Å². The molecule has 25 heavy (non-hydrogen) atoms. The molecule has 5 nitrogen and oxygen atoms in total. The molecule has 0 radical (unpaired) electrons. The lowest BCUT2D eigenvalue weighted by atomic mass is 10.0. The Hall–Kier alpha value is -2.82. The highest BCUT2D eigenvalue weighted by atomic mass is 16.3. The molecule has 0 saturated heterocycles. The number of rotatable bonds is 7. The Labute approximate surface area is 147 Å². The zero-order chi connectivity index (χ0) is 17.6. The smallest absolute Gasteiger partial charge is 0.289 e. The zero-order valence-electron chi connectivity index (χ0n) is 14.4. The van der Waals surface area contributed by atoms with Gasteiger partial charge >= 0.3 is 0 Å². The minimum absolute atomic E-state index is 0.0900. The van der Waals surface area contributed by atoms with Crippen LogP contribution < -0.4 is 0 Å². The summed E-state index contributed by atoms with van der Waals surface area (Å²) >= 11 is 0. The summed E-state index contributed by atoms with van der Waals surface area (Å²) in [6.07, 6.45) is 10.9. The van der Waals surface area contributed by atoms with Crippen LogP contribution in [0.5, 0.6) is 0 Å². The fraction of sp³-hybridized carbons (Fsp3) is 0.300. The molecule has 0 bridgehead atoms. The largest absolute Gasteiger partial charge is 0.503 e. The molecule has 1 N–H and O–H groups in total. The quantitative estimate of drug-likeness (QED) is 0.842. The number of nitrogens with zero attached hydrogens (tertiary/aromatic N) is 3. The van der Waals surface area contributed by atoms with Crippen LogP contribution in [0.3, 0.4) is 0 Å². The highest BCUT2D eigenvalue weighted by Crippen LogP contribution is 2.28. The minimum atomic E-state index is -0.273. The molecule has 1 atom stereocenters. The van der Waals surface area contributed by atoms with E-state index >= 15 is 0 Å². The van der Waals surface area contributed by atoms with Crippen LogP contribution >= 0.6 is 0 Å². The molecule has 5 heteroatoms. The lowest BCUT2D eigenvalue weighted by molar-refractivity contribution is -0.128. The van der Waals surface area contributed by atoms with Gasteiger partial charge in [-0.05, 0) is 18.4 Å². The van der Waals surface area contributed by atoms with Gasteiger partial charge in [-0.25, -0.2) is 4.98 Å². The predicted octanol–water partition coefficient (Wildman–Crippen LogP) is 3.42. The maximum absolute atomic E-state index is 12.5. The molecule has 0 aliphatic carbocycles. The van der Waals surface area contributed by atoms with Crippen molar-refractivity contribution in [2.75, 3.05) is 6.54 Å². The molecule has 0 fully saturated rings. The molecule has 0 spiro atoms. The van der Waals surface area contributed by atoms with Crippen molar-refractivity contribution >= 4 is 12.0 Å². The fourth-order valence-corrected chi connectivity index (χ4v) is 3.17. The van der Waals surface area contributed by atoms with Crippen molar-refractivity contribution in [2.24, 2.45) is 0 Å². The summed E-state index contributed by atoms with van der Waals surface area (Å²) in [5.74, 6) is -0.363. The third kappa shape index (κ3) is 3.82. The van der Waals surface area contributed by atoms with Crippen LogP contribution in [0, 0.1) is 0 Å². The second-order valence-electron chi connectivity index (χ2n) is 6.09. The van der Waals surface area contributed by atoms with Gasteiger partial charge in [-0.2, -0.15) is 0 Å². The number of aliphatic hydroxyl groups is 1. The second kappa shape index (κ2) is 7.83. The normalized spacial score (nSPS) is 17.9. The van der Waals surface area contributed by atoms with E-state index in [1.807, 2.05) is 60.2 Å². The summed E-state index contributed by atoms with van der Waals surface area (Å²) in [7, 11) is 0. The first-order valence-electron chi connectivity index (χ1n) is 8.62. The number of imidazole rings is 1. The molecule has 0 saturated carbocycles. The average Bonchev–Trinajstić information content (AvgIpc) is 3.23. The molecule has 130 valence electrons. The van der Waals surface area contributed by atoms with Crippen LogP contribution in [0.2, 0.25) is 0 Å². The van der Waals surface area contributed by atoms with Gasteiger partial charge in [-0.1, -0.05) is 49.4 Å². The van der Waals surface area contributed by atoms with E-state index < -0.39 is 0 Å². The third-order valence-electron chi connectivity index (χ3n) is 4.49. The van der Waals surface area contributed by atoms with E-state index in [4.69, 9.17) is 0 Å². The van der Waals surface area contributed by atoms with E-state index in [-0.39, 0.29) is 17.7 Å². The Morgan fingerprint density at radius 2 is 2.04 bits per heavy atom. The van der Waals surface area contributed by atoms with Crippen molar-refractivity contribution in [1.82, 2.24) is 14.5 Å². The first-order valence-corrected chi connectivity index (χ1v) is 8.62. The Balaban J connectivity index is 1.72. The van der Waals surface area contributed by atoms with Gasteiger partial charge in [-0.3, -0.25) is 4.79 Å². The van der Waals surface area contributed by atoms with Gasteiger partial charge in [0, 0.05) is 31.1 Å². The number of carbonyl (C=O) groups excluding carboxylic acids is 1. The van der Waals surface area contributed by atoms with Crippen molar-refractivity contribution in [3.63, 3.8) is 0 Å². The molecule has 1 aliphatic heterocycles. The van der Waals surface area contributed by atoms with Gasteiger partial charge in [0.25, 0.3) is 5.91 Å². The first kappa shape index (κ1) is 17.0. The number of amides is 1. The Bertz CT molecular complexity index is 764. The maximum atomic E-state index is 12.5. The van der Waals surface area contributed by atoms with Crippen LogP contribution in [0.25, 0.3) is 6.08 Å². The summed E-state index contributed by atoms with van der Waals surface area (Å²) in [5, 5.41) is 10.2. The summed E-state index contributed by atoms with van der Waals surface area (Å²) in [4.78, 5) is 18.2. The van der Waals surface area contributed by atoms with Gasteiger partial charge in [0.05, 0.1) is 12.4 Å². The summed E-state index contributed by atoms with van der Waals surface area (Å²) in [5.41, 5.74) is 1.87. The lowest BCUT2D eigenvalue weighted by Crippen LogP contribution is -2.35. The Morgan fingerprint density at radius 3 is 2.72 bits per heavy atom. The molecule has 2 heterocycles.